The quantitative estimate of drug-likeness (QED) is 0.818. The summed E-state index contributed by atoms with van der Waals surface area (Å²) in [5.74, 6) is 0.488. The van der Waals surface area contributed by atoms with Crippen molar-refractivity contribution >= 4 is 12.0 Å². The minimum atomic E-state index is -0.704. The Kier molecular flexibility index (Phi) is 4.32. The first-order valence-corrected chi connectivity index (χ1v) is 7.21. The van der Waals surface area contributed by atoms with Crippen LogP contribution in [0.5, 0.6) is 0 Å². The van der Waals surface area contributed by atoms with Crippen molar-refractivity contribution in [3.05, 3.63) is 0 Å². The Hall–Kier alpha value is -1.26. The molecule has 19 heavy (non-hydrogen) atoms. The third-order valence-corrected chi connectivity index (χ3v) is 4.54. The van der Waals surface area contributed by atoms with Gasteiger partial charge in [0.1, 0.15) is 0 Å². The fraction of sp³-hybridized carbons (Fsp3) is 0.857. The standard InChI is InChI=1S/C14H24N2O3/c1-9-7-11(9)8-16(2)14(19)15-12-5-3-10(4-6-12)13(17)18/h9-12H,3-8H2,1-2H3,(H,15,19)(H,17,18). The smallest absolute Gasteiger partial charge is 0.317 e. The molecule has 0 bridgehead atoms. The number of rotatable bonds is 4. The van der Waals surface area contributed by atoms with E-state index in [1.54, 1.807) is 4.90 Å². The molecule has 0 aromatic rings. The maximum absolute atomic E-state index is 12.0. The van der Waals surface area contributed by atoms with Gasteiger partial charge in [0.2, 0.25) is 0 Å². The Labute approximate surface area is 114 Å². The van der Waals surface area contributed by atoms with Gasteiger partial charge in [0.25, 0.3) is 0 Å². The van der Waals surface area contributed by atoms with Crippen LogP contribution in [0.4, 0.5) is 4.79 Å². The van der Waals surface area contributed by atoms with Crippen molar-refractivity contribution in [1.29, 1.82) is 0 Å². The van der Waals surface area contributed by atoms with Crippen molar-refractivity contribution in [1.82, 2.24) is 10.2 Å². The Balaban J connectivity index is 1.69. The SMILES string of the molecule is CC1CC1CN(C)C(=O)NC1CCC(C(=O)O)CC1. The number of carbonyl (C=O) groups is 2. The molecule has 2 amide bonds. The van der Waals surface area contributed by atoms with E-state index in [9.17, 15) is 9.59 Å². The van der Waals surface area contributed by atoms with Crippen molar-refractivity contribution < 1.29 is 14.7 Å². The molecular formula is C14H24N2O3. The molecule has 0 radical (unpaired) electrons. The van der Waals surface area contributed by atoms with Gasteiger partial charge in [-0.25, -0.2) is 4.79 Å². The first kappa shape index (κ1) is 14.2. The van der Waals surface area contributed by atoms with Crippen LogP contribution in [-0.4, -0.2) is 41.6 Å². The molecule has 0 aromatic heterocycles. The van der Waals surface area contributed by atoms with E-state index in [0.717, 1.165) is 25.3 Å². The summed E-state index contributed by atoms with van der Waals surface area (Å²) in [5.41, 5.74) is 0. The van der Waals surface area contributed by atoms with Gasteiger partial charge in [-0.3, -0.25) is 4.79 Å². The number of nitrogens with zero attached hydrogens (tertiary/aromatic N) is 1. The molecule has 0 saturated heterocycles. The Morgan fingerprint density at radius 2 is 1.84 bits per heavy atom. The zero-order valence-corrected chi connectivity index (χ0v) is 11.8. The number of carboxylic acids is 1. The summed E-state index contributed by atoms with van der Waals surface area (Å²) in [6, 6.07) is 0.125. The third-order valence-electron chi connectivity index (χ3n) is 4.54. The lowest BCUT2D eigenvalue weighted by Crippen LogP contribution is -2.45. The molecule has 2 aliphatic rings. The van der Waals surface area contributed by atoms with E-state index in [1.165, 1.54) is 6.42 Å². The largest absolute Gasteiger partial charge is 0.481 e. The summed E-state index contributed by atoms with van der Waals surface area (Å²) in [4.78, 5) is 24.6. The molecule has 0 heterocycles. The Morgan fingerprint density at radius 3 is 2.32 bits per heavy atom. The van der Waals surface area contributed by atoms with Crippen LogP contribution in [0.1, 0.15) is 39.0 Å². The minimum absolute atomic E-state index is 0.0159. The van der Waals surface area contributed by atoms with Crippen molar-refractivity contribution in [3.63, 3.8) is 0 Å². The van der Waals surface area contributed by atoms with E-state index in [0.29, 0.717) is 18.8 Å². The van der Waals surface area contributed by atoms with E-state index in [2.05, 4.69) is 12.2 Å². The number of aliphatic carboxylic acids is 1. The lowest BCUT2D eigenvalue weighted by Gasteiger charge is -2.28. The van der Waals surface area contributed by atoms with E-state index in [-0.39, 0.29) is 18.0 Å². The van der Waals surface area contributed by atoms with Gasteiger partial charge in [0.15, 0.2) is 0 Å². The predicted molar refractivity (Wildman–Crippen MR) is 71.8 cm³/mol. The van der Waals surface area contributed by atoms with Crippen LogP contribution < -0.4 is 5.32 Å². The summed E-state index contributed by atoms with van der Waals surface area (Å²) < 4.78 is 0. The second-order valence-corrected chi connectivity index (χ2v) is 6.19. The number of urea groups is 1. The highest BCUT2D eigenvalue weighted by Gasteiger charge is 2.34. The van der Waals surface area contributed by atoms with Crippen LogP contribution in [0.25, 0.3) is 0 Å². The first-order chi connectivity index (χ1) is 8.97. The van der Waals surface area contributed by atoms with Crippen molar-refractivity contribution in [2.75, 3.05) is 13.6 Å². The zero-order valence-electron chi connectivity index (χ0n) is 11.8. The number of amides is 2. The lowest BCUT2D eigenvalue weighted by molar-refractivity contribution is -0.142. The van der Waals surface area contributed by atoms with Gasteiger partial charge in [0.05, 0.1) is 5.92 Å². The molecule has 2 fully saturated rings. The highest BCUT2D eigenvalue weighted by Crippen LogP contribution is 2.37. The second kappa shape index (κ2) is 5.80. The summed E-state index contributed by atoms with van der Waals surface area (Å²) in [5, 5.41) is 12.0. The van der Waals surface area contributed by atoms with Crippen molar-refractivity contribution in [3.8, 4) is 0 Å². The number of nitrogens with one attached hydrogen (secondary N) is 1. The molecule has 2 saturated carbocycles. The first-order valence-electron chi connectivity index (χ1n) is 7.21. The topological polar surface area (TPSA) is 69.6 Å². The van der Waals surface area contributed by atoms with E-state index >= 15 is 0 Å². The highest BCUT2D eigenvalue weighted by molar-refractivity contribution is 5.74. The fourth-order valence-electron chi connectivity index (χ4n) is 2.86. The predicted octanol–water partition coefficient (Wildman–Crippen LogP) is 1.93. The molecule has 0 spiro atoms. The maximum Gasteiger partial charge on any atom is 0.317 e. The maximum atomic E-state index is 12.0. The number of carbonyl (C=O) groups excluding carboxylic acids is 1. The molecule has 2 atom stereocenters. The highest BCUT2D eigenvalue weighted by atomic mass is 16.4. The van der Waals surface area contributed by atoms with Gasteiger partial charge in [-0.15, -0.1) is 0 Å². The average Bonchev–Trinajstić information content (AvgIpc) is 3.05. The van der Waals surface area contributed by atoms with Crippen LogP contribution in [0.15, 0.2) is 0 Å². The lowest BCUT2D eigenvalue weighted by atomic mass is 9.86. The average molecular weight is 268 g/mol. The van der Waals surface area contributed by atoms with Gasteiger partial charge in [-0.2, -0.15) is 0 Å². The van der Waals surface area contributed by atoms with E-state index in [1.807, 2.05) is 7.05 Å². The number of hydrogen-bond donors (Lipinski definition) is 2. The number of carboxylic acid groups (broad SMARTS) is 1. The second-order valence-electron chi connectivity index (χ2n) is 6.19. The summed E-state index contributed by atoms with van der Waals surface area (Å²) in [6.07, 6.45) is 4.11. The molecule has 5 heteroatoms. The molecule has 5 nitrogen and oxygen atoms in total. The molecule has 2 rings (SSSR count). The van der Waals surface area contributed by atoms with Crippen LogP contribution in [-0.2, 0) is 4.79 Å². The molecule has 2 unspecified atom stereocenters. The van der Waals surface area contributed by atoms with E-state index in [4.69, 9.17) is 5.11 Å². The van der Waals surface area contributed by atoms with Gasteiger partial charge >= 0.3 is 12.0 Å². The van der Waals surface area contributed by atoms with Gasteiger partial charge < -0.3 is 15.3 Å². The monoisotopic (exact) mass is 268 g/mol. The van der Waals surface area contributed by atoms with Crippen LogP contribution in [0.3, 0.4) is 0 Å². The summed E-state index contributed by atoms with van der Waals surface area (Å²) >= 11 is 0. The van der Waals surface area contributed by atoms with Crippen LogP contribution in [0, 0.1) is 17.8 Å². The molecule has 0 aliphatic heterocycles. The fourth-order valence-corrected chi connectivity index (χ4v) is 2.86. The normalized spacial score (nSPS) is 33.6. The van der Waals surface area contributed by atoms with Gasteiger partial charge in [0, 0.05) is 19.6 Å². The molecule has 2 N–H and O–H groups in total. The summed E-state index contributed by atoms with van der Waals surface area (Å²) in [6.45, 7) is 3.04. The Morgan fingerprint density at radius 1 is 1.26 bits per heavy atom. The zero-order chi connectivity index (χ0) is 14.0. The van der Waals surface area contributed by atoms with Gasteiger partial charge in [-0.05, 0) is 43.9 Å². The summed E-state index contributed by atoms with van der Waals surface area (Å²) in [7, 11) is 1.84. The van der Waals surface area contributed by atoms with Crippen LogP contribution >= 0.6 is 0 Å². The molecular weight excluding hydrogens is 244 g/mol. The van der Waals surface area contributed by atoms with E-state index < -0.39 is 5.97 Å². The Bertz CT molecular complexity index is 351. The number of hydrogen-bond acceptors (Lipinski definition) is 2. The molecule has 2 aliphatic carbocycles. The molecule has 0 aromatic carbocycles. The van der Waals surface area contributed by atoms with Crippen molar-refractivity contribution in [2.24, 2.45) is 17.8 Å². The van der Waals surface area contributed by atoms with Crippen molar-refractivity contribution in [2.45, 2.75) is 45.1 Å². The third kappa shape index (κ3) is 3.85. The molecule has 108 valence electrons. The minimum Gasteiger partial charge on any atom is -0.481 e. The van der Waals surface area contributed by atoms with Crippen LogP contribution in [0.2, 0.25) is 0 Å². The van der Waals surface area contributed by atoms with Gasteiger partial charge in [-0.1, -0.05) is 6.92 Å².